The smallest absolute Gasteiger partial charge is 0.462 e. The van der Waals surface area contributed by atoms with Crippen LogP contribution in [-0.4, -0.2) is 86.1 Å². The molecule has 0 aromatic carbocycles. The SMILES string of the molecule is CCCCCCCCCCCCCCCCCC(=O)O[C@H](COC(=O)CCC/C=C\C/C=C\C/C=C\C/C=C\[C@@H](O)CCCC)COP(=O)(O)OCC[N+](C)(C)C. The Morgan fingerprint density at radius 1 is 0.614 bits per heavy atom. The lowest BCUT2D eigenvalue weighted by Gasteiger charge is -2.24. The van der Waals surface area contributed by atoms with Crippen LogP contribution in [0.4, 0.5) is 0 Å². The van der Waals surface area contributed by atoms with Gasteiger partial charge in [-0.25, -0.2) is 4.57 Å². The second-order valence-electron chi connectivity index (χ2n) is 16.3. The molecule has 0 fully saturated rings. The molecule has 2 N–H and O–H groups in total. The average molecular weight is 827 g/mol. The van der Waals surface area contributed by atoms with E-state index in [1.165, 1.54) is 70.6 Å². The summed E-state index contributed by atoms with van der Waals surface area (Å²) in [7, 11) is 1.42. The number of quaternary nitrogens is 1. The lowest BCUT2D eigenvalue weighted by molar-refractivity contribution is -0.870. The first kappa shape index (κ1) is 54.9. The fourth-order valence-electron chi connectivity index (χ4n) is 5.85. The summed E-state index contributed by atoms with van der Waals surface area (Å²) in [5, 5.41) is 9.82. The zero-order valence-corrected chi connectivity index (χ0v) is 37.8. The summed E-state index contributed by atoms with van der Waals surface area (Å²) < 4.78 is 34.2. The molecular formula is C46H85NO9P+. The number of esters is 2. The summed E-state index contributed by atoms with van der Waals surface area (Å²) in [6.07, 6.45) is 40.7. The van der Waals surface area contributed by atoms with Gasteiger partial charge >= 0.3 is 19.8 Å². The van der Waals surface area contributed by atoms with Gasteiger partial charge in [0, 0.05) is 12.8 Å². The number of ether oxygens (including phenoxy) is 2. The number of nitrogens with zero attached hydrogens (tertiary/aromatic N) is 1. The molecule has 3 atom stereocenters. The maximum absolute atomic E-state index is 12.7. The third-order valence-electron chi connectivity index (χ3n) is 9.43. The molecule has 0 heterocycles. The number of carbonyl (C=O) groups excluding carboxylic acids is 2. The van der Waals surface area contributed by atoms with Gasteiger partial charge in [-0.1, -0.05) is 165 Å². The lowest BCUT2D eigenvalue weighted by atomic mass is 10.0. The Bertz CT molecular complexity index is 1130. The summed E-state index contributed by atoms with van der Waals surface area (Å²) in [6, 6.07) is 0. The molecule has 10 nitrogen and oxygen atoms in total. The number of rotatable bonds is 40. The van der Waals surface area contributed by atoms with Gasteiger partial charge in [-0.05, 0) is 44.9 Å². The van der Waals surface area contributed by atoms with E-state index >= 15 is 0 Å². The third-order valence-corrected chi connectivity index (χ3v) is 10.4. The number of hydrogen-bond acceptors (Lipinski definition) is 8. The van der Waals surface area contributed by atoms with Gasteiger partial charge < -0.3 is 24.0 Å². The largest absolute Gasteiger partial charge is 0.472 e. The number of unbranched alkanes of at least 4 members (excludes halogenated alkanes) is 16. The van der Waals surface area contributed by atoms with Crippen LogP contribution in [0.5, 0.6) is 0 Å². The van der Waals surface area contributed by atoms with Crippen LogP contribution in [0, 0.1) is 0 Å². The molecule has 11 heteroatoms. The molecule has 57 heavy (non-hydrogen) atoms. The van der Waals surface area contributed by atoms with E-state index in [2.05, 4.69) is 44.2 Å². The summed E-state index contributed by atoms with van der Waals surface area (Å²) in [5.41, 5.74) is 0. The summed E-state index contributed by atoms with van der Waals surface area (Å²) in [4.78, 5) is 35.3. The fraction of sp³-hybridized carbons (Fsp3) is 0.783. The van der Waals surface area contributed by atoms with E-state index in [-0.39, 0.29) is 32.2 Å². The standard InChI is InChI=1S/C46H84NO9P/c1-6-8-10-11-12-13-14-15-16-17-22-25-28-31-34-38-46(50)56-44(42-55-57(51,52)54-40-39-47(3,4)5)41-53-45(49)37-33-30-27-24-21-19-18-20-23-26-29-32-36-43(48)35-9-7-2/h18-19,23-24,26-27,32,36,43-44,48H,6-17,20-22,25,28-31,33-35,37-42H2,1-5H3/p+1/b19-18-,26-23-,27-24-,36-32-/t43-,44+/m0/s1. The van der Waals surface area contributed by atoms with Crippen LogP contribution in [0.3, 0.4) is 0 Å². The van der Waals surface area contributed by atoms with Crippen LogP contribution in [-0.2, 0) is 32.7 Å². The molecule has 0 aromatic rings. The normalized spacial score (nSPS) is 14.6. The second-order valence-corrected chi connectivity index (χ2v) is 17.7. The molecule has 0 radical (unpaired) electrons. The topological polar surface area (TPSA) is 129 Å². The minimum absolute atomic E-state index is 0.0163. The Kier molecular flexibility index (Phi) is 36.8. The van der Waals surface area contributed by atoms with Crippen molar-refractivity contribution >= 4 is 19.8 Å². The predicted molar refractivity (Wildman–Crippen MR) is 235 cm³/mol. The van der Waals surface area contributed by atoms with Crippen molar-refractivity contribution in [3.05, 3.63) is 48.6 Å². The van der Waals surface area contributed by atoms with Gasteiger partial charge in [0.05, 0.1) is 33.9 Å². The van der Waals surface area contributed by atoms with Crippen molar-refractivity contribution < 1.29 is 47.2 Å². The Balaban J connectivity index is 4.46. The van der Waals surface area contributed by atoms with E-state index in [1.807, 2.05) is 39.4 Å². The summed E-state index contributed by atoms with van der Waals surface area (Å²) >= 11 is 0. The number of allylic oxidation sites excluding steroid dienone is 7. The number of aliphatic hydroxyl groups excluding tert-OH is 1. The number of carbonyl (C=O) groups is 2. The van der Waals surface area contributed by atoms with E-state index in [0.29, 0.717) is 23.9 Å². The molecule has 0 aromatic heterocycles. The quantitative estimate of drug-likeness (QED) is 0.0204. The fourth-order valence-corrected chi connectivity index (χ4v) is 6.59. The van der Waals surface area contributed by atoms with Crippen LogP contribution in [0.2, 0.25) is 0 Å². The van der Waals surface area contributed by atoms with Crippen LogP contribution < -0.4 is 0 Å². The van der Waals surface area contributed by atoms with Crippen LogP contribution in [0.25, 0.3) is 0 Å². The summed E-state index contributed by atoms with van der Waals surface area (Å²) in [5.74, 6) is -0.885. The second kappa shape index (κ2) is 38.2. The van der Waals surface area contributed by atoms with Gasteiger partial charge in [-0.2, -0.15) is 0 Å². The van der Waals surface area contributed by atoms with Crippen LogP contribution in [0.1, 0.15) is 174 Å². The molecule has 0 aliphatic carbocycles. The molecule has 0 saturated carbocycles. The molecule has 0 aliphatic rings. The van der Waals surface area contributed by atoms with Crippen molar-refractivity contribution in [3.63, 3.8) is 0 Å². The molecule has 0 bridgehead atoms. The molecule has 0 amide bonds. The first-order valence-electron chi connectivity index (χ1n) is 22.5. The lowest BCUT2D eigenvalue weighted by Crippen LogP contribution is -2.37. The third kappa shape index (κ3) is 41.9. The van der Waals surface area contributed by atoms with E-state index in [1.54, 1.807) is 0 Å². The first-order valence-corrected chi connectivity index (χ1v) is 23.9. The molecule has 0 aliphatic heterocycles. The van der Waals surface area contributed by atoms with Crippen LogP contribution in [0.15, 0.2) is 48.6 Å². The number of phosphoric acid groups is 1. The van der Waals surface area contributed by atoms with E-state index < -0.39 is 32.5 Å². The molecule has 0 rings (SSSR count). The zero-order chi connectivity index (χ0) is 42.3. The minimum atomic E-state index is -4.39. The highest BCUT2D eigenvalue weighted by Gasteiger charge is 2.27. The highest BCUT2D eigenvalue weighted by Crippen LogP contribution is 2.43. The maximum Gasteiger partial charge on any atom is 0.472 e. The first-order chi connectivity index (χ1) is 27.4. The van der Waals surface area contributed by atoms with Crippen molar-refractivity contribution in [2.45, 2.75) is 187 Å². The Morgan fingerprint density at radius 2 is 1.11 bits per heavy atom. The van der Waals surface area contributed by atoms with Gasteiger partial charge in [0.1, 0.15) is 19.8 Å². The van der Waals surface area contributed by atoms with E-state index in [0.717, 1.165) is 64.2 Å². The number of likely N-dealkylation sites (N-methyl/N-ethyl adjacent to an activating group) is 1. The van der Waals surface area contributed by atoms with Gasteiger partial charge in [-0.3, -0.25) is 18.6 Å². The Hall–Kier alpha value is -2.07. The van der Waals surface area contributed by atoms with Crippen molar-refractivity contribution in [2.75, 3.05) is 47.5 Å². The van der Waals surface area contributed by atoms with E-state index in [9.17, 15) is 24.2 Å². The predicted octanol–water partition coefficient (Wildman–Crippen LogP) is 11.7. The van der Waals surface area contributed by atoms with Gasteiger partial charge in [-0.15, -0.1) is 0 Å². The molecule has 0 spiro atoms. The molecule has 332 valence electrons. The summed E-state index contributed by atoms with van der Waals surface area (Å²) in [6.45, 7) is 4.19. The Labute approximate surface area is 348 Å². The van der Waals surface area contributed by atoms with Gasteiger partial charge in [0.2, 0.25) is 0 Å². The molecular weight excluding hydrogens is 741 g/mol. The van der Waals surface area contributed by atoms with Crippen LogP contribution >= 0.6 is 7.82 Å². The number of phosphoric ester groups is 1. The van der Waals surface area contributed by atoms with Gasteiger partial charge in [0.15, 0.2) is 6.10 Å². The number of hydrogen-bond donors (Lipinski definition) is 2. The van der Waals surface area contributed by atoms with E-state index in [4.69, 9.17) is 18.5 Å². The molecule has 0 saturated heterocycles. The highest BCUT2D eigenvalue weighted by atomic mass is 31.2. The zero-order valence-electron chi connectivity index (χ0n) is 36.9. The van der Waals surface area contributed by atoms with Gasteiger partial charge in [0.25, 0.3) is 0 Å². The van der Waals surface area contributed by atoms with Crippen molar-refractivity contribution in [1.82, 2.24) is 0 Å². The number of aliphatic hydroxyl groups is 1. The van der Waals surface area contributed by atoms with Crippen molar-refractivity contribution in [3.8, 4) is 0 Å². The maximum atomic E-state index is 12.7. The Morgan fingerprint density at radius 3 is 1.65 bits per heavy atom. The van der Waals surface area contributed by atoms with Crippen molar-refractivity contribution in [2.24, 2.45) is 0 Å². The minimum Gasteiger partial charge on any atom is -0.462 e. The monoisotopic (exact) mass is 827 g/mol. The molecule has 1 unspecified atom stereocenters. The highest BCUT2D eigenvalue weighted by molar-refractivity contribution is 7.47. The average Bonchev–Trinajstić information content (AvgIpc) is 3.16. The van der Waals surface area contributed by atoms with Crippen molar-refractivity contribution in [1.29, 1.82) is 0 Å².